The maximum atomic E-state index is 12.9. The second-order valence-corrected chi connectivity index (χ2v) is 20.3. The van der Waals surface area contributed by atoms with Gasteiger partial charge in [-0.05, 0) is 64.2 Å². The van der Waals surface area contributed by atoms with Crippen molar-refractivity contribution in [3.8, 4) is 0 Å². The predicted octanol–water partition coefficient (Wildman–Crippen LogP) is 15.5. The van der Waals surface area contributed by atoms with Gasteiger partial charge < -0.3 is 19.8 Å². The van der Waals surface area contributed by atoms with E-state index in [0.29, 0.717) is 17.4 Å². The lowest BCUT2D eigenvalue weighted by molar-refractivity contribution is -0.870. The molecule has 0 rings (SSSR count). The molecule has 0 saturated heterocycles. The van der Waals surface area contributed by atoms with Crippen LogP contribution in [0.1, 0.15) is 219 Å². The molecule has 3 unspecified atom stereocenters. The molecular weight excluding hydrogens is 816 g/mol. The number of phosphoric ester groups is 1. The zero-order valence-corrected chi connectivity index (χ0v) is 43.1. The lowest BCUT2D eigenvalue weighted by Crippen LogP contribution is -2.45. The fraction of sp³-hybridized carbons (Fsp3) is 0.764. The third-order valence-electron chi connectivity index (χ3n) is 11.4. The van der Waals surface area contributed by atoms with E-state index in [1.165, 1.54) is 128 Å². The molecule has 8 nitrogen and oxygen atoms in total. The zero-order valence-electron chi connectivity index (χ0n) is 42.3. The number of nitrogens with zero attached hydrogens (tertiary/aromatic N) is 1. The lowest BCUT2D eigenvalue weighted by Gasteiger charge is -2.25. The van der Waals surface area contributed by atoms with Crippen LogP contribution in [0.15, 0.2) is 72.9 Å². The van der Waals surface area contributed by atoms with Crippen molar-refractivity contribution in [2.45, 2.75) is 231 Å². The molecular formula is C55H102N2O6P+. The third-order valence-corrected chi connectivity index (χ3v) is 12.4. The van der Waals surface area contributed by atoms with Gasteiger partial charge in [-0.3, -0.25) is 13.8 Å². The first-order valence-electron chi connectivity index (χ1n) is 26.3. The van der Waals surface area contributed by atoms with Crippen molar-refractivity contribution in [2.24, 2.45) is 0 Å². The summed E-state index contributed by atoms with van der Waals surface area (Å²) in [6.07, 6.45) is 62.8. The number of hydrogen-bond donors (Lipinski definition) is 3. The summed E-state index contributed by atoms with van der Waals surface area (Å²) in [7, 11) is 1.57. The minimum atomic E-state index is -4.34. The van der Waals surface area contributed by atoms with Crippen LogP contribution in [-0.2, 0) is 18.4 Å². The number of amides is 1. The molecule has 0 aromatic rings. The topological polar surface area (TPSA) is 105 Å². The van der Waals surface area contributed by atoms with E-state index in [9.17, 15) is 19.4 Å². The molecule has 3 atom stereocenters. The lowest BCUT2D eigenvalue weighted by atomic mass is 10.0. The molecule has 0 saturated carbocycles. The molecule has 0 aliphatic heterocycles. The van der Waals surface area contributed by atoms with E-state index in [2.05, 4.69) is 79.9 Å². The van der Waals surface area contributed by atoms with Gasteiger partial charge in [-0.2, -0.15) is 0 Å². The first-order chi connectivity index (χ1) is 31.0. The number of carbonyl (C=O) groups is 1. The smallest absolute Gasteiger partial charge is 0.387 e. The monoisotopic (exact) mass is 918 g/mol. The Labute approximate surface area is 395 Å². The summed E-state index contributed by atoms with van der Waals surface area (Å²) in [6, 6.07) is -0.847. The van der Waals surface area contributed by atoms with Crippen molar-refractivity contribution >= 4 is 13.7 Å². The Kier molecular flexibility index (Phi) is 44.6. The van der Waals surface area contributed by atoms with Crippen LogP contribution in [0, 0.1) is 0 Å². The first kappa shape index (κ1) is 61.9. The van der Waals surface area contributed by atoms with E-state index in [0.717, 1.165) is 70.6 Å². The SMILES string of the molecule is CC/C=C\C/C=C\C/C=C\C/C=C\C/C=C\CCCCCCCCCCCCCCCCCC(=O)NC(COP(=O)(O)OCC[N+](C)(C)C)C(O)/C=C/CCCCCCCCCCC. The van der Waals surface area contributed by atoms with Crippen LogP contribution in [0.5, 0.6) is 0 Å². The van der Waals surface area contributed by atoms with E-state index in [-0.39, 0.29) is 19.1 Å². The molecule has 0 fully saturated rings. The van der Waals surface area contributed by atoms with Crippen LogP contribution in [0.25, 0.3) is 0 Å². The van der Waals surface area contributed by atoms with Crippen LogP contribution < -0.4 is 5.32 Å². The Morgan fingerprint density at radius 2 is 0.938 bits per heavy atom. The molecule has 0 aliphatic rings. The number of quaternary nitrogens is 1. The van der Waals surface area contributed by atoms with E-state index in [1.54, 1.807) is 6.08 Å². The second kappa shape index (κ2) is 46.1. The Morgan fingerprint density at radius 1 is 0.547 bits per heavy atom. The summed E-state index contributed by atoms with van der Waals surface area (Å²) in [5.41, 5.74) is 0. The number of allylic oxidation sites excluding steroid dienone is 11. The van der Waals surface area contributed by atoms with Crippen molar-refractivity contribution in [1.82, 2.24) is 5.32 Å². The summed E-state index contributed by atoms with van der Waals surface area (Å²) in [6.45, 7) is 4.68. The molecule has 0 aromatic heterocycles. The average molecular weight is 918 g/mol. The molecule has 0 radical (unpaired) electrons. The average Bonchev–Trinajstić information content (AvgIpc) is 3.25. The Bertz CT molecular complexity index is 1270. The number of aliphatic hydroxyl groups excluding tert-OH is 1. The highest BCUT2D eigenvalue weighted by molar-refractivity contribution is 7.47. The van der Waals surface area contributed by atoms with Gasteiger partial charge >= 0.3 is 7.82 Å². The first-order valence-corrected chi connectivity index (χ1v) is 27.8. The number of nitrogens with one attached hydrogen (secondary N) is 1. The number of unbranched alkanes of at least 4 members (excludes halogenated alkanes) is 24. The molecule has 0 aromatic carbocycles. The van der Waals surface area contributed by atoms with Gasteiger partial charge in [0.2, 0.25) is 5.91 Å². The minimum Gasteiger partial charge on any atom is -0.387 e. The summed E-state index contributed by atoms with van der Waals surface area (Å²) in [5, 5.41) is 13.8. The van der Waals surface area contributed by atoms with Crippen LogP contribution >= 0.6 is 7.82 Å². The highest BCUT2D eigenvalue weighted by Crippen LogP contribution is 2.43. The molecule has 3 N–H and O–H groups in total. The fourth-order valence-corrected chi connectivity index (χ4v) is 8.04. The number of aliphatic hydroxyl groups is 1. The van der Waals surface area contributed by atoms with Crippen LogP contribution in [0.2, 0.25) is 0 Å². The highest BCUT2D eigenvalue weighted by Gasteiger charge is 2.27. The van der Waals surface area contributed by atoms with E-state index in [1.807, 2.05) is 27.2 Å². The quantitative estimate of drug-likeness (QED) is 0.0243. The zero-order chi connectivity index (χ0) is 47.1. The molecule has 1 amide bonds. The Morgan fingerprint density at radius 3 is 1.38 bits per heavy atom. The molecule has 372 valence electrons. The molecule has 64 heavy (non-hydrogen) atoms. The van der Waals surface area contributed by atoms with Gasteiger partial charge in [0, 0.05) is 6.42 Å². The number of phosphoric acid groups is 1. The van der Waals surface area contributed by atoms with Crippen molar-refractivity contribution in [3.63, 3.8) is 0 Å². The summed E-state index contributed by atoms with van der Waals surface area (Å²) < 4.78 is 23.6. The molecule has 0 spiro atoms. The maximum absolute atomic E-state index is 12.9. The minimum absolute atomic E-state index is 0.0597. The van der Waals surface area contributed by atoms with E-state index >= 15 is 0 Å². The Hall–Kier alpha value is -2.06. The number of rotatable bonds is 47. The molecule has 9 heteroatoms. The van der Waals surface area contributed by atoms with Crippen molar-refractivity contribution in [1.29, 1.82) is 0 Å². The maximum Gasteiger partial charge on any atom is 0.472 e. The van der Waals surface area contributed by atoms with Crippen molar-refractivity contribution < 1.29 is 32.9 Å². The normalized spacial score (nSPS) is 14.7. The van der Waals surface area contributed by atoms with Gasteiger partial charge in [-0.15, -0.1) is 0 Å². The van der Waals surface area contributed by atoms with Crippen molar-refractivity contribution in [2.75, 3.05) is 40.9 Å². The van der Waals surface area contributed by atoms with Gasteiger partial charge in [0.15, 0.2) is 0 Å². The summed E-state index contributed by atoms with van der Waals surface area (Å²) in [5.74, 6) is -0.181. The molecule has 0 aliphatic carbocycles. The number of likely N-dealkylation sites (N-methyl/N-ethyl adjacent to an activating group) is 1. The van der Waals surface area contributed by atoms with Gasteiger partial charge in [0.05, 0.1) is 39.9 Å². The number of hydrogen-bond acceptors (Lipinski definition) is 5. The third kappa shape index (κ3) is 47.9. The predicted molar refractivity (Wildman–Crippen MR) is 276 cm³/mol. The summed E-state index contributed by atoms with van der Waals surface area (Å²) in [4.78, 5) is 23.2. The summed E-state index contributed by atoms with van der Waals surface area (Å²) >= 11 is 0. The van der Waals surface area contributed by atoms with Crippen LogP contribution in [0.4, 0.5) is 0 Å². The van der Waals surface area contributed by atoms with Gasteiger partial charge in [0.25, 0.3) is 0 Å². The van der Waals surface area contributed by atoms with Crippen molar-refractivity contribution in [3.05, 3.63) is 72.9 Å². The van der Waals surface area contributed by atoms with Crippen LogP contribution in [-0.4, -0.2) is 73.4 Å². The standard InChI is InChI=1S/C55H101N2O6P/c1-6-8-10-12-14-16-18-19-20-21-22-23-24-25-26-27-28-29-30-31-32-33-34-35-36-37-39-41-43-45-47-49-55(59)56-53(52-63-64(60,61)62-51-50-57(3,4)5)54(58)48-46-44-42-40-38-17-15-13-11-9-7-2/h8,10,14,16,19-20,22-23,25-26,46,48,53-54,58H,6-7,9,11-13,15,17-18,21,24,27-45,47,49-52H2,1-5H3,(H-,56,59,60,61)/p+1/b10-8-,16-14-,20-19-,23-22-,26-25-,48-46+. The van der Waals surface area contributed by atoms with Gasteiger partial charge in [-0.1, -0.05) is 222 Å². The van der Waals surface area contributed by atoms with E-state index < -0.39 is 20.0 Å². The van der Waals surface area contributed by atoms with Crippen LogP contribution in [0.3, 0.4) is 0 Å². The van der Waals surface area contributed by atoms with Gasteiger partial charge in [-0.25, -0.2) is 4.57 Å². The Balaban J connectivity index is 4.08. The number of carbonyl (C=O) groups excluding carboxylic acids is 1. The second-order valence-electron chi connectivity index (χ2n) is 18.9. The molecule has 0 heterocycles. The molecule has 0 bridgehead atoms. The largest absolute Gasteiger partial charge is 0.472 e. The fourth-order valence-electron chi connectivity index (χ4n) is 7.30. The van der Waals surface area contributed by atoms with Gasteiger partial charge in [0.1, 0.15) is 13.2 Å². The highest BCUT2D eigenvalue weighted by atomic mass is 31.2. The van der Waals surface area contributed by atoms with E-state index in [4.69, 9.17) is 9.05 Å².